The summed E-state index contributed by atoms with van der Waals surface area (Å²) >= 11 is 0. The van der Waals surface area contributed by atoms with Crippen LogP contribution in [0, 0.1) is 0 Å². The van der Waals surface area contributed by atoms with Crippen molar-refractivity contribution in [2.24, 2.45) is 5.10 Å². The summed E-state index contributed by atoms with van der Waals surface area (Å²) in [6.45, 7) is 0. The Hall–Kier alpha value is -2.88. The molecule has 0 aliphatic heterocycles. The van der Waals surface area contributed by atoms with Crippen LogP contribution in [0.1, 0.15) is 5.56 Å². The van der Waals surface area contributed by atoms with E-state index < -0.39 is 0 Å². The lowest BCUT2D eigenvalue weighted by Crippen LogP contribution is -2.02. The summed E-state index contributed by atoms with van der Waals surface area (Å²) in [5.41, 5.74) is 4.03. The van der Waals surface area contributed by atoms with E-state index in [0.29, 0.717) is 0 Å². The van der Waals surface area contributed by atoms with Crippen LogP contribution in [0.2, 0.25) is 0 Å². The normalized spacial score (nSPS) is 11.0. The minimum atomic E-state index is 0.926. The first-order valence-corrected chi connectivity index (χ1v) is 7.16. The maximum absolute atomic E-state index is 4.74. The average molecular weight is 290 g/mol. The second-order valence-electron chi connectivity index (χ2n) is 5.17. The summed E-state index contributed by atoms with van der Waals surface area (Å²) in [5.74, 6) is 0. The topological polar surface area (TPSA) is 33.4 Å². The van der Waals surface area contributed by atoms with Crippen molar-refractivity contribution in [2.45, 2.75) is 0 Å². The number of hydrogen-bond acceptors (Lipinski definition) is 3. The van der Waals surface area contributed by atoms with Gasteiger partial charge in [0.2, 0.25) is 0 Å². The molecule has 0 fully saturated rings. The van der Waals surface area contributed by atoms with Gasteiger partial charge in [0.1, 0.15) is 5.69 Å². The maximum atomic E-state index is 4.74. The predicted molar refractivity (Wildman–Crippen MR) is 90.3 cm³/mol. The largest absolute Gasteiger partial charge is 0.303 e. The van der Waals surface area contributed by atoms with Gasteiger partial charge in [-0.05, 0) is 12.1 Å². The van der Waals surface area contributed by atoms with Gasteiger partial charge in [-0.2, -0.15) is 10.2 Å². The van der Waals surface area contributed by atoms with E-state index >= 15 is 0 Å². The molecule has 0 radical (unpaired) electrons. The number of hydrogen-bond donors (Lipinski definition) is 0. The predicted octanol–water partition coefficient (Wildman–Crippen LogP) is 3.43. The molecule has 3 rings (SSSR count). The third-order valence-corrected chi connectivity index (χ3v) is 3.24. The average Bonchev–Trinajstić information content (AvgIpc) is 2.99. The highest BCUT2D eigenvalue weighted by Gasteiger charge is 2.10. The lowest BCUT2D eigenvalue weighted by atomic mass is 10.1. The highest BCUT2D eigenvalue weighted by Crippen LogP contribution is 2.22. The van der Waals surface area contributed by atoms with Crippen molar-refractivity contribution in [3.63, 3.8) is 0 Å². The number of rotatable bonds is 4. The molecule has 0 spiro atoms. The first-order chi connectivity index (χ1) is 10.7. The molecule has 3 aromatic rings. The molecule has 0 aliphatic rings. The Kier molecular flexibility index (Phi) is 4.01. The van der Waals surface area contributed by atoms with Crippen molar-refractivity contribution in [3.05, 3.63) is 72.4 Å². The molecule has 4 heteroatoms. The molecule has 0 atom stereocenters. The Balaban J connectivity index is 2.09. The molecule has 0 aliphatic carbocycles. The third-order valence-electron chi connectivity index (χ3n) is 3.24. The zero-order valence-corrected chi connectivity index (χ0v) is 12.7. The van der Waals surface area contributed by atoms with Gasteiger partial charge >= 0.3 is 0 Å². The van der Waals surface area contributed by atoms with Gasteiger partial charge in [0, 0.05) is 31.4 Å². The second-order valence-corrected chi connectivity index (χ2v) is 5.17. The molecule has 0 amide bonds. The fourth-order valence-electron chi connectivity index (χ4n) is 2.19. The van der Waals surface area contributed by atoms with Crippen molar-refractivity contribution in [1.29, 1.82) is 0 Å². The summed E-state index contributed by atoms with van der Waals surface area (Å²) in [5, 5.41) is 10.9. The number of hydrazone groups is 1. The van der Waals surface area contributed by atoms with Gasteiger partial charge in [0.15, 0.2) is 0 Å². The lowest BCUT2D eigenvalue weighted by molar-refractivity contribution is 0.440. The van der Waals surface area contributed by atoms with E-state index in [4.69, 9.17) is 5.10 Å². The zero-order chi connectivity index (χ0) is 15.4. The first-order valence-electron chi connectivity index (χ1n) is 7.16. The minimum Gasteiger partial charge on any atom is -0.303 e. The fourth-order valence-corrected chi connectivity index (χ4v) is 2.19. The molecule has 22 heavy (non-hydrogen) atoms. The van der Waals surface area contributed by atoms with E-state index in [1.165, 1.54) is 0 Å². The van der Waals surface area contributed by atoms with Crippen LogP contribution in [0.25, 0.3) is 16.9 Å². The van der Waals surface area contributed by atoms with E-state index in [2.05, 4.69) is 17.2 Å². The van der Waals surface area contributed by atoms with Crippen LogP contribution in [0.3, 0.4) is 0 Å². The van der Waals surface area contributed by atoms with Crippen molar-refractivity contribution >= 4 is 6.21 Å². The Morgan fingerprint density at radius 1 is 0.955 bits per heavy atom. The summed E-state index contributed by atoms with van der Waals surface area (Å²) in [6.07, 6.45) is 3.85. The number of aromatic nitrogens is 2. The molecule has 0 bridgehead atoms. The smallest absolute Gasteiger partial charge is 0.102 e. The van der Waals surface area contributed by atoms with Gasteiger partial charge in [-0.15, -0.1) is 0 Å². The van der Waals surface area contributed by atoms with Crippen molar-refractivity contribution in [1.82, 2.24) is 14.8 Å². The standard InChI is InChI=1S/C18H18N4/c1-21(2)19-13-16-14-22(17-11-7-4-8-12-17)20-18(16)15-9-5-3-6-10-15/h3-14H,1-2H3/b19-13+. The highest BCUT2D eigenvalue weighted by atomic mass is 15.4. The number of para-hydroxylation sites is 1. The third kappa shape index (κ3) is 3.06. The lowest BCUT2D eigenvalue weighted by Gasteiger charge is -2.02. The molecule has 4 nitrogen and oxygen atoms in total. The summed E-state index contributed by atoms with van der Waals surface area (Å²) < 4.78 is 1.89. The highest BCUT2D eigenvalue weighted by molar-refractivity contribution is 5.88. The first kappa shape index (κ1) is 14.1. The van der Waals surface area contributed by atoms with Gasteiger partial charge in [-0.3, -0.25) is 0 Å². The number of nitrogens with zero attached hydrogens (tertiary/aromatic N) is 4. The van der Waals surface area contributed by atoms with Crippen LogP contribution in [-0.2, 0) is 0 Å². The Labute approximate surface area is 130 Å². The van der Waals surface area contributed by atoms with Crippen LogP contribution in [0.4, 0.5) is 0 Å². The van der Waals surface area contributed by atoms with Gasteiger partial charge in [0.05, 0.1) is 11.9 Å². The summed E-state index contributed by atoms with van der Waals surface area (Å²) in [7, 11) is 3.81. The zero-order valence-electron chi connectivity index (χ0n) is 12.7. The fraction of sp³-hybridized carbons (Fsp3) is 0.111. The molecule has 110 valence electrons. The van der Waals surface area contributed by atoms with Gasteiger partial charge in [-0.25, -0.2) is 4.68 Å². The van der Waals surface area contributed by atoms with Gasteiger partial charge in [-0.1, -0.05) is 48.5 Å². The Morgan fingerprint density at radius 2 is 1.59 bits per heavy atom. The Bertz CT molecular complexity index is 758. The van der Waals surface area contributed by atoms with E-state index in [9.17, 15) is 0 Å². The molecule has 0 saturated heterocycles. The SMILES string of the molecule is CN(C)/N=C/c1cn(-c2ccccc2)nc1-c1ccccc1. The van der Waals surface area contributed by atoms with Crippen molar-refractivity contribution < 1.29 is 0 Å². The molecule has 2 aromatic carbocycles. The van der Waals surface area contributed by atoms with Crippen molar-refractivity contribution in [2.75, 3.05) is 14.1 Å². The van der Waals surface area contributed by atoms with E-state index in [1.54, 1.807) is 5.01 Å². The van der Waals surface area contributed by atoms with Crippen LogP contribution in [0.5, 0.6) is 0 Å². The number of benzene rings is 2. The minimum absolute atomic E-state index is 0.926. The summed E-state index contributed by atoms with van der Waals surface area (Å²) in [4.78, 5) is 0. The summed E-state index contributed by atoms with van der Waals surface area (Å²) in [6, 6.07) is 20.2. The molecule has 0 N–H and O–H groups in total. The van der Waals surface area contributed by atoms with Crippen LogP contribution in [-0.4, -0.2) is 35.1 Å². The van der Waals surface area contributed by atoms with Gasteiger partial charge < -0.3 is 5.01 Å². The molecular formula is C18H18N4. The van der Waals surface area contributed by atoms with E-state index in [-0.39, 0.29) is 0 Å². The van der Waals surface area contributed by atoms with Crippen LogP contribution >= 0.6 is 0 Å². The molecular weight excluding hydrogens is 272 g/mol. The van der Waals surface area contributed by atoms with Crippen LogP contribution < -0.4 is 0 Å². The van der Waals surface area contributed by atoms with Crippen LogP contribution in [0.15, 0.2) is 72.0 Å². The molecule has 0 unspecified atom stereocenters. The maximum Gasteiger partial charge on any atom is 0.102 e. The molecule has 0 saturated carbocycles. The van der Waals surface area contributed by atoms with E-state index in [1.807, 2.05) is 79.7 Å². The van der Waals surface area contributed by atoms with Crippen molar-refractivity contribution in [3.8, 4) is 16.9 Å². The monoisotopic (exact) mass is 290 g/mol. The quantitative estimate of drug-likeness (QED) is 0.545. The Morgan fingerprint density at radius 3 is 2.23 bits per heavy atom. The van der Waals surface area contributed by atoms with Gasteiger partial charge in [0.25, 0.3) is 0 Å². The molecule has 1 heterocycles. The molecule has 1 aromatic heterocycles. The van der Waals surface area contributed by atoms with E-state index in [0.717, 1.165) is 22.5 Å². The second kappa shape index (κ2) is 6.26.